The number of hydrogen-bond acceptors (Lipinski definition) is 7. The zero-order chi connectivity index (χ0) is 22.5. The number of nitrogens with zero attached hydrogens (tertiary/aromatic N) is 2. The van der Waals surface area contributed by atoms with Crippen molar-refractivity contribution in [3.05, 3.63) is 65.9 Å². The Morgan fingerprint density at radius 3 is 2.59 bits per heavy atom. The number of aromatic nitrogens is 1. The fourth-order valence-corrected chi connectivity index (χ4v) is 3.62. The number of carbonyl (C=O) groups is 1. The van der Waals surface area contributed by atoms with Gasteiger partial charge in [0.1, 0.15) is 11.6 Å². The maximum Gasteiger partial charge on any atom is 0.250 e. The number of nitrogens with two attached hydrogens (primary N) is 1. The average molecular weight is 434 g/mol. The third-order valence-corrected chi connectivity index (χ3v) is 5.39. The molecule has 0 unspecified atom stereocenters. The van der Waals surface area contributed by atoms with Crippen LogP contribution in [0.5, 0.6) is 5.75 Å². The van der Waals surface area contributed by atoms with E-state index in [4.69, 9.17) is 15.2 Å². The van der Waals surface area contributed by atoms with Crippen LogP contribution in [0, 0.1) is 6.92 Å². The molecule has 1 fully saturated rings. The predicted molar refractivity (Wildman–Crippen MR) is 127 cm³/mol. The number of nitrogens with one attached hydrogen (secondary N) is 2. The van der Waals surface area contributed by atoms with E-state index < -0.39 is 5.91 Å². The van der Waals surface area contributed by atoms with Gasteiger partial charge in [-0.25, -0.2) is 4.98 Å². The number of morpholine rings is 1. The summed E-state index contributed by atoms with van der Waals surface area (Å²) in [5, 5.41) is 6.63. The lowest BCUT2D eigenvalue weighted by Gasteiger charge is -2.29. The van der Waals surface area contributed by atoms with E-state index in [0.29, 0.717) is 17.1 Å². The van der Waals surface area contributed by atoms with E-state index in [9.17, 15) is 4.79 Å². The van der Waals surface area contributed by atoms with E-state index >= 15 is 0 Å². The number of ether oxygens (including phenoxy) is 2. The average Bonchev–Trinajstić information content (AvgIpc) is 2.82. The van der Waals surface area contributed by atoms with E-state index in [2.05, 4.69) is 26.6 Å². The molecule has 2 aromatic carbocycles. The molecule has 2 heterocycles. The van der Waals surface area contributed by atoms with Crippen molar-refractivity contribution in [2.45, 2.75) is 6.92 Å². The van der Waals surface area contributed by atoms with Crippen LogP contribution in [0.1, 0.15) is 15.9 Å². The van der Waals surface area contributed by atoms with Gasteiger partial charge in [-0.15, -0.1) is 0 Å². The molecule has 8 heteroatoms. The minimum Gasteiger partial charge on any atom is -0.494 e. The van der Waals surface area contributed by atoms with Crippen LogP contribution in [0.25, 0.3) is 0 Å². The largest absolute Gasteiger partial charge is 0.494 e. The summed E-state index contributed by atoms with van der Waals surface area (Å²) in [4.78, 5) is 18.5. The fraction of sp³-hybridized carbons (Fsp3) is 0.250. The Labute approximate surface area is 187 Å². The number of para-hydroxylation sites is 1. The molecule has 32 heavy (non-hydrogen) atoms. The topological polar surface area (TPSA) is 102 Å². The molecule has 3 aromatic rings. The second-order valence-corrected chi connectivity index (χ2v) is 7.53. The molecule has 1 aliphatic rings. The smallest absolute Gasteiger partial charge is 0.250 e. The van der Waals surface area contributed by atoms with Gasteiger partial charge in [-0.05, 0) is 36.8 Å². The number of rotatable bonds is 7. The minimum atomic E-state index is -0.483. The molecular formula is C24H27N5O3. The van der Waals surface area contributed by atoms with Crippen LogP contribution in [0.2, 0.25) is 0 Å². The van der Waals surface area contributed by atoms with Crippen LogP contribution in [-0.2, 0) is 4.74 Å². The Morgan fingerprint density at radius 1 is 1.06 bits per heavy atom. The Balaban J connectivity index is 1.57. The normalized spacial score (nSPS) is 13.5. The van der Waals surface area contributed by atoms with E-state index in [-0.39, 0.29) is 0 Å². The molecule has 4 N–H and O–H groups in total. The highest BCUT2D eigenvalue weighted by Gasteiger charge is 2.15. The lowest BCUT2D eigenvalue weighted by Crippen LogP contribution is -2.36. The first-order valence-corrected chi connectivity index (χ1v) is 10.5. The summed E-state index contributed by atoms with van der Waals surface area (Å²) in [7, 11) is 1.65. The van der Waals surface area contributed by atoms with Gasteiger partial charge < -0.3 is 30.7 Å². The van der Waals surface area contributed by atoms with Crippen molar-refractivity contribution in [3.63, 3.8) is 0 Å². The van der Waals surface area contributed by atoms with Gasteiger partial charge in [-0.2, -0.15) is 0 Å². The van der Waals surface area contributed by atoms with Crippen molar-refractivity contribution in [1.29, 1.82) is 0 Å². The van der Waals surface area contributed by atoms with Gasteiger partial charge in [0.25, 0.3) is 5.91 Å². The van der Waals surface area contributed by atoms with Crippen LogP contribution in [0.3, 0.4) is 0 Å². The Bertz CT molecular complexity index is 1110. The van der Waals surface area contributed by atoms with Crippen LogP contribution in [-0.4, -0.2) is 44.3 Å². The van der Waals surface area contributed by atoms with Crippen molar-refractivity contribution < 1.29 is 14.3 Å². The molecule has 1 aromatic heterocycles. The molecule has 1 saturated heterocycles. The van der Waals surface area contributed by atoms with Gasteiger partial charge in [0, 0.05) is 42.8 Å². The molecule has 166 valence electrons. The van der Waals surface area contributed by atoms with E-state index in [1.807, 2.05) is 37.3 Å². The maximum atomic E-state index is 11.8. The first-order valence-electron chi connectivity index (χ1n) is 10.5. The highest BCUT2D eigenvalue weighted by atomic mass is 16.5. The summed E-state index contributed by atoms with van der Waals surface area (Å²) in [5.41, 5.74) is 10.2. The van der Waals surface area contributed by atoms with Crippen LogP contribution in [0.4, 0.5) is 28.6 Å². The maximum absolute atomic E-state index is 11.8. The number of hydrogen-bond donors (Lipinski definition) is 3. The number of methoxy groups -OCH3 is 1. The third kappa shape index (κ3) is 4.76. The first-order chi connectivity index (χ1) is 15.5. The third-order valence-electron chi connectivity index (χ3n) is 5.39. The number of benzene rings is 2. The molecule has 0 saturated carbocycles. The molecule has 0 atom stereocenters. The molecule has 8 nitrogen and oxygen atoms in total. The lowest BCUT2D eigenvalue weighted by molar-refractivity contribution is 0.100. The van der Waals surface area contributed by atoms with Gasteiger partial charge in [0.15, 0.2) is 0 Å². The number of carbonyl (C=O) groups excluding carboxylic acids is 1. The number of amides is 1. The Kier molecular flexibility index (Phi) is 6.42. The summed E-state index contributed by atoms with van der Waals surface area (Å²) in [6, 6.07) is 15.1. The quantitative estimate of drug-likeness (QED) is 0.521. The highest BCUT2D eigenvalue weighted by molar-refractivity contribution is 5.99. The molecule has 1 amide bonds. The fourth-order valence-electron chi connectivity index (χ4n) is 3.62. The van der Waals surface area contributed by atoms with Crippen molar-refractivity contribution in [1.82, 2.24) is 4.98 Å². The van der Waals surface area contributed by atoms with E-state index in [0.717, 1.165) is 54.7 Å². The number of pyridine rings is 1. The molecule has 0 radical (unpaired) electrons. The van der Waals surface area contributed by atoms with Crippen LogP contribution >= 0.6 is 0 Å². The van der Waals surface area contributed by atoms with E-state index in [1.54, 1.807) is 25.4 Å². The molecule has 0 bridgehead atoms. The van der Waals surface area contributed by atoms with Crippen LogP contribution < -0.4 is 26.0 Å². The van der Waals surface area contributed by atoms with E-state index in [1.165, 1.54) is 0 Å². The molecule has 4 rings (SSSR count). The lowest BCUT2D eigenvalue weighted by atomic mass is 10.1. The van der Waals surface area contributed by atoms with Crippen LogP contribution in [0.15, 0.2) is 54.7 Å². The van der Waals surface area contributed by atoms with Crippen molar-refractivity contribution in [2.24, 2.45) is 5.73 Å². The zero-order valence-corrected chi connectivity index (χ0v) is 18.2. The molecule has 0 aliphatic carbocycles. The van der Waals surface area contributed by atoms with Gasteiger partial charge >= 0.3 is 0 Å². The highest BCUT2D eigenvalue weighted by Crippen LogP contribution is 2.33. The second-order valence-electron chi connectivity index (χ2n) is 7.53. The van der Waals surface area contributed by atoms with Gasteiger partial charge in [-0.1, -0.05) is 12.1 Å². The summed E-state index contributed by atoms with van der Waals surface area (Å²) in [5.74, 6) is 0.889. The van der Waals surface area contributed by atoms with Crippen molar-refractivity contribution in [3.8, 4) is 5.75 Å². The Hall–Kier alpha value is -3.78. The monoisotopic (exact) mass is 433 g/mol. The number of anilines is 5. The summed E-state index contributed by atoms with van der Waals surface area (Å²) < 4.78 is 11.1. The summed E-state index contributed by atoms with van der Waals surface area (Å²) in [6.07, 6.45) is 1.77. The summed E-state index contributed by atoms with van der Waals surface area (Å²) in [6.45, 7) is 5.12. The number of primary amides is 1. The molecular weight excluding hydrogens is 406 g/mol. The molecule has 1 aliphatic heterocycles. The van der Waals surface area contributed by atoms with Gasteiger partial charge in [0.2, 0.25) is 0 Å². The van der Waals surface area contributed by atoms with Crippen molar-refractivity contribution >= 4 is 34.5 Å². The predicted octanol–water partition coefficient (Wildman–Crippen LogP) is 3.82. The SMILES string of the molecule is COc1cc(N2CCOCC2)ccc1Nc1cc(Nc2ccccc2C(N)=O)c(C)cn1. The first kappa shape index (κ1) is 21.5. The standard InChI is InChI=1S/C24H27N5O3/c1-16-15-26-23(14-21(16)27-19-6-4-3-5-18(19)24(25)30)28-20-8-7-17(13-22(20)31-2)29-9-11-32-12-10-29/h3-8,13-15H,9-12H2,1-2H3,(H2,25,30)(H2,26,27,28). The Morgan fingerprint density at radius 2 is 1.84 bits per heavy atom. The zero-order valence-electron chi connectivity index (χ0n) is 18.2. The second kappa shape index (κ2) is 9.57. The molecule has 0 spiro atoms. The van der Waals surface area contributed by atoms with Gasteiger partial charge in [-0.3, -0.25) is 4.79 Å². The minimum absolute atomic E-state index is 0.429. The summed E-state index contributed by atoms with van der Waals surface area (Å²) >= 11 is 0. The van der Waals surface area contributed by atoms with Crippen molar-refractivity contribution in [2.75, 3.05) is 48.9 Å². The number of aryl methyl sites for hydroxylation is 1. The van der Waals surface area contributed by atoms with Gasteiger partial charge in [0.05, 0.1) is 37.3 Å².